The molecule has 0 aromatic heterocycles. The molecule has 1 amide bonds. The Hall–Kier alpha value is -2.95. The maximum Gasteiger partial charge on any atom is 0.416 e. The van der Waals surface area contributed by atoms with Crippen LogP contribution in [0, 0.1) is 28.6 Å². The maximum absolute atomic E-state index is 13.4. The van der Waals surface area contributed by atoms with Crippen LogP contribution < -0.4 is 4.74 Å². The van der Waals surface area contributed by atoms with Crippen molar-refractivity contribution in [2.45, 2.75) is 32.5 Å². The van der Waals surface area contributed by atoms with E-state index in [-0.39, 0.29) is 17.7 Å². The van der Waals surface area contributed by atoms with E-state index in [2.05, 4.69) is 6.92 Å². The fraction of sp³-hybridized carbons (Fsp3) is 0.357. The van der Waals surface area contributed by atoms with Crippen molar-refractivity contribution in [3.63, 3.8) is 0 Å². The minimum atomic E-state index is -4.43. The standard InChI is InChI=1S/C28H25Cl2F3N2O2/c1-17(37-21-9-7-20(8-10-21)28(31,32)33)22-15-35(26(36)19-5-3-18(14-34)4-6-19)16-23(22)27(2)12-11-24(29)25(30)13-27/h3-12,17,22-23H,13,15-16H2,1-2H3/t17-,22?,23-,27?/m1/s1. The quantitative estimate of drug-likeness (QED) is 0.391. The van der Waals surface area contributed by atoms with Crippen molar-refractivity contribution in [3.8, 4) is 11.8 Å². The van der Waals surface area contributed by atoms with Gasteiger partial charge in [0.1, 0.15) is 11.9 Å². The Labute approximate surface area is 223 Å². The van der Waals surface area contributed by atoms with Crippen LogP contribution in [0.25, 0.3) is 0 Å². The fourth-order valence-electron chi connectivity index (χ4n) is 5.15. The zero-order chi connectivity index (χ0) is 27.0. The van der Waals surface area contributed by atoms with Gasteiger partial charge in [-0.05, 0) is 79.3 Å². The molecular formula is C28H25Cl2F3N2O2. The zero-order valence-corrected chi connectivity index (χ0v) is 21.7. The van der Waals surface area contributed by atoms with Crippen molar-refractivity contribution in [2.24, 2.45) is 17.3 Å². The van der Waals surface area contributed by atoms with E-state index >= 15 is 0 Å². The second-order valence-corrected chi connectivity index (χ2v) is 10.6. The average molecular weight is 549 g/mol. The van der Waals surface area contributed by atoms with Gasteiger partial charge in [0.15, 0.2) is 0 Å². The van der Waals surface area contributed by atoms with Gasteiger partial charge in [-0.25, -0.2) is 0 Å². The van der Waals surface area contributed by atoms with Crippen molar-refractivity contribution in [3.05, 3.63) is 87.4 Å². The van der Waals surface area contributed by atoms with E-state index in [0.717, 1.165) is 12.1 Å². The van der Waals surface area contributed by atoms with Crippen LogP contribution in [0.3, 0.4) is 0 Å². The second kappa shape index (κ2) is 10.4. The summed E-state index contributed by atoms with van der Waals surface area (Å²) in [6.07, 6.45) is -0.554. The molecule has 1 aliphatic heterocycles. The lowest BCUT2D eigenvalue weighted by Crippen LogP contribution is -2.38. The largest absolute Gasteiger partial charge is 0.490 e. The molecule has 2 unspecified atom stereocenters. The molecule has 0 saturated carbocycles. The number of halogens is 5. The molecule has 1 fully saturated rings. The van der Waals surface area contributed by atoms with Crippen molar-refractivity contribution in [2.75, 3.05) is 13.1 Å². The number of likely N-dealkylation sites (tertiary alicyclic amines) is 1. The molecule has 0 N–H and O–H groups in total. The van der Waals surface area contributed by atoms with Crippen LogP contribution in [0.15, 0.2) is 70.7 Å². The summed E-state index contributed by atoms with van der Waals surface area (Å²) >= 11 is 12.6. The van der Waals surface area contributed by atoms with Crippen LogP contribution in [0.5, 0.6) is 5.75 Å². The summed E-state index contributed by atoms with van der Waals surface area (Å²) in [7, 11) is 0. The van der Waals surface area contributed by atoms with E-state index in [1.807, 2.05) is 19.1 Å². The monoisotopic (exact) mass is 548 g/mol. The van der Waals surface area contributed by atoms with Gasteiger partial charge < -0.3 is 9.64 Å². The van der Waals surface area contributed by atoms with Crippen LogP contribution in [-0.2, 0) is 6.18 Å². The van der Waals surface area contributed by atoms with E-state index in [1.165, 1.54) is 12.1 Å². The molecule has 4 atom stereocenters. The molecule has 2 aliphatic rings. The van der Waals surface area contributed by atoms with Gasteiger partial charge in [0.2, 0.25) is 0 Å². The number of allylic oxidation sites excluding steroid dienone is 4. The highest BCUT2D eigenvalue weighted by Crippen LogP contribution is 2.49. The summed E-state index contributed by atoms with van der Waals surface area (Å²) in [6, 6.07) is 13.1. The van der Waals surface area contributed by atoms with Gasteiger partial charge in [0.05, 0.1) is 22.2 Å². The smallest absolute Gasteiger partial charge is 0.416 e. The first-order chi connectivity index (χ1) is 17.4. The Balaban J connectivity index is 1.59. The predicted molar refractivity (Wildman–Crippen MR) is 136 cm³/mol. The fourth-order valence-corrected chi connectivity index (χ4v) is 5.63. The lowest BCUT2D eigenvalue weighted by atomic mass is 9.67. The Morgan fingerprint density at radius 2 is 1.78 bits per heavy atom. The molecule has 1 saturated heterocycles. The van der Waals surface area contributed by atoms with Crippen LogP contribution in [0.2, 0.25) is 0 Å². The van der Waals surface area contributed by atoms with Gasteiger partial charge >= 0.3 is 6.18 Å². The van der Waals surface area contributed by atoms with Crippen molar-refractivity contribution in [1.82, 2.24) is 4.90 Å². The number of rotatable bonds is 5. The topological polar surface area (TPSA) is 53.3 Å². The Morgan fingerprint density at radius 1 is 1.14 bits per heavy atom. The summed E-state index contributed by atoms with van der Waals surface area (Å²) < 4.78 is 45.0. The van der Waals surface area contributed by atoms with E-state index in [9.17, 15) is 18.0 Å². The molecule has 2 aromatic carbocycles. The lowest BCUT2D eigenvalue weighted by molar-refractivity contribution is -0.137. The molecule has 0 spiro atoms. The van der Waals surface area contributed by atoms with Crippen LogP contribution >= 0.6 is 23.2 Å². The van der Waals surface area contributed by atoms with Gasteiger partial charge in [-0.2, -0.15) is 18.4 Å². The van der Waals surface area contributed by atoms with E-state index < -0.39 is 23.3 Å². The normalized spacial score (nSPS) is 24.6. The molecular weight excluding hydrogens is 524 g/mol. The molecule has 0 bridgehead atoms. The summed E-state index contributed by atoms with van der Waals surface area (Å²) in [4.78, 5) is 15.1. The lowest BCUT2D eigenvalue weighted by Gasteiger charge is -2.39. The molecule has 194 valence electrons. The highest BCUT2D eigenvalue weighted by atomic mass is 35.5. The molecule has 37 heavy (non-hydrogen) atoms. The third kappa shape index (κ3) is 5.81. The minimum absolute atomic E-state index is 0.0611. The number of nitriles is 1. The number of nitrogens with zero attached hydrogens (tertiary/aromatic N) is 2. The Bertz CT molecular complexity index is 1270. The van der Waals surface area contributed by atoms with Gasteiger partial charge in [0, 0.05) is 29.6 Å². The average Bonchev–Trinajstić information content (AvgIpc) is 3.33. The first-order valence-corrected chi connectivity index (χ1v) is 12.5. The van der Waals surface area contributed by atoms with Crippen LogP contribution in [-0.4, -0.2) is 30.0 Å². The van der Waals surface area contributed by atoms with Crippen molar-refractivity contribution in [1.29, 1.82) is 5.26 Å². The first-order valence-electron chi connectivity index (χ1n) is 11.8. The van der Waals surface area contributed by atoms with E-state index in [4.69, 9.17) is 33.2 Å². The molecule has 0 radical (unpaired) electrons. The minimum Gasteiger partial charge on any atom is -0.490 e. The Morgan fingerprint density at radius 3 is 2.35 bits per heavy atom. The van der Waals surface area contributed by atoms with Crippen LogP contribution in [0.4, 0.5) is 13.2 Å². The highest BCUT2D eigenvalue weighted by Gasteiger charge is 2.48. The van der Waals surface area contributed by atoms with Crippen molar-refractivity contribution >= 4 is 29.1 Å². The molecule has 2 aromatic rings. The number of amides is 1. The molecule has 4 rings (SSSR count). The van der Waals surface area contributed by atoms with E-state index in [0.29, 0.717) is 46.5 Å². The van der Waals surface area contributed by atoms with Crippen LogP contribution in [0.1, 0.15) is 41.8 Å². The SMILES string of the molecule is C[C@@H](Oc1ccc(C(F)(F)F)cc1)C1CN(C(=O)c2ccc(C#N)cc2)C[C@H]1C1(C)C=CC(Cl)=C(Cl)C1. The predicted octanol–water partition coefficient (Wildman–Crippen LogP) is 7.39. The third-order valence-corrected chi connectivity index (χ3v) is 8.06. The second-order valence-electron chi connectivity index (χ2n) is 9.78. The van der Waals surface area contributed by atoms with Gasteiger partial charge in [-0.15, -0.1) is 0 Å². The number of benzene rings is 2. The highest BCUT2D eigenvalue weighted by molar-refractivity contribution is 6.40. The number of ether oxygens (including phenoxy) is 1. The number of carbonyl (C=O) groups excluding carboxylic acids is 1. The van der Waals surface area contributed by atoms with Gasteiger partial charge in [-0.1, -0.05) is 36.2 Å². The number of hydrogen-bond donors (Lipinski definition) is 0. The molecule has 1 aliphatic carbocycles. The van der Waals surface area contributed by atoms with Gasteiger partial charge in [-0.3, -0.25) is 4.79 Å². The van der Waals surface area contributed by atoms with Crippen molar-refractivity contribution < 1.29 is 22.7 Å². The molecule has 9 heteroatoms. The zero-order valence-electron chi connectivity index (χ0n) is 20.2. The third-order valence-electron chi connectivity index (χ3n) is 7.27. The number of carbonyl (C=O) groups is 1. The summed E-state index contributed by atoms with van der Waals surface area (Å²) in [6.45, 7) is 4.76. The maximum atomic E-state index is 13.4. The van der Waals surface area contributed by atoms with E-state index in [1.54, 1.807) is 35.2 Å². The summed E-state index contributed by atoms with van der Waals surface area (Å²) in [5.74, 6) is -0.0436. The number of hydrogen-bond acceptors (Lipinski definition) is 3. The van der Waals surface area contributed by atoms with Gasteiger partial charge in [0.25, 0.3) is 5.91 Å². The number of alkyl halides is 3. The summed E-state index contributed by atoms with van der Waals surface area (Å²) in [5.41, 5.74) is -0.230. The first kappa shape index (κ1) is 27.1. The molecule has 1 heterocycles. The summed E-state index contributed by atoms with van der Waals surface area (Å²) in [5, 5.41) is 10.1. The molecule has 4 nitrogen and oxygen atoms in total. The Kier molecular flexibility index (Phi) is 7.64.